The number of nitrogens with two attached hydrogens (primary N) is 1. The number of piperidine rings is 1. The average Bonchev–Trinajstić information content (AvgIpc) is 3.29. The van der Waals surface area contributed by atoms with Gasteiger partial charge < -0.3 is 15.4 Å². The zero-order valence-electron chi connectivity index (χ0n) is 21.0. The molecule has 3 heterocycles. The third-order valence-electron chi connectivity index (χ3n) is 7.39. The van der Waals surface area contributed by atoms with Gasteiger partial charge in [-0.25, -0.2) is 4.39 Å². The molecule has 3 aromatic rings. The molecule has 1 unspecified atom stereocenters. The second-order valence-corrected chi connectivity index (χ2v) is 9.87. The summed E-state index contributed by atoms with van der Waals surface area (Å²) < 4.78 is 19.8. The number of carbonyl (C=O) groups is 1. The van der Waals surface area contributed by atoms with Crippen LogP contribution in [0.1, 0.15) is 48.4 Å². The molecule has 1 saturated heterocycles. The number of hydrogen-bond donors (Lipinski definition) is 1. The molecule has 0 saturated carbocycles. The molecule has 0 aliphatic carbocycles. The molecular weight excluding hydrogens is 467 g/mol. The summed E-state index contributed by atoms with van der Waals surface area (Å²) in [5.74, 6) is 0.540. The van der Waals surface area contributed by atoms with Crippen molar-refractivity contribution in [3.8, 4) is 5.75 Å². The second kappa shape index (κ2) is 11.6. The lowest BCUT2D eigenvalue weighted by Gasteiger charge is -2.30. The van der Waals surface area contributed by atoms with Crippen molar-refractivity contribution in [3.63, 3.8) is 0 Å². The number of pyridine rings is 1. The molecule has 6 nitrogen and oxygen atoms in total. The van der Waals surface area contributed by atoms with E-state index >= 15 is 0 Å². The van der Waals surface area contributed by atoms with Crippen LogP contribution in [0.15, 0.2) is 71.9 Å². The van der Waals surface area contributed by atoms with Crippen LogP contribution in [-0.2, 0) is 11.2 Å². The van der Waals surface area contributed by atoms with Gasteiger partial charge in [0.1, 0.15) is 11.6 Å². The Morgan fingerprint density at radius 1 is 1.08 bits per heavy atom. The Labute approximate surface area is 217 Å². The number of likely N-dealkylation sites (tertiary alicyclic amines) is 1. The fourth-order valence-electron chi connectivity index (χ4n) is 5.29. The highest BCUT2D eigenvalue weighted by Crippen LogP contribution is 2.40. The number of hydrogen-bond acceptors (Lipinski definition) is 5. The quantitative estimate of drug-likeness (QED) is 0.396. The van der Waals surface area contributed by atoms with Crippen LogP contribution in [0, 0.1) is 11.7 Å². The van der Waals surface area contributed by atoms with Gasteiger partial charge in [0, 0.05) is 24.6 Å². The number of primary amides is 1. The number of amides is 1. The van der Waals surface area contributed by atoms with E-state index in [2.05, 4.69) is 22.0 Å². The van der Waals surface area contributed by atoms with Crippen molar-refractivity contribution in [1.29, 1.82) is 0 Å². The number of aryl methyl sites for hydroxylation is 1. The van der Waals surface area contributed by atoms with Crippen LogP contribution in [0.3, 0.4) is 0 Å². The molecule has 37 heavy (non-hydrogen) atoms. The molecule has 1 amide bonds. The van der Waals surface area contributed by atoms with Crippen molar-refractivity contribution in [3.05, 3.63) is 89.5 Å². The Bertz CT molecular complexity index is 1240. The highest BCUT2D eigenvalue weighted by atomic mass is 19.1. The van der Waals surface area contributed by atoms with Gasteiger partial charge >= 0.3 is 0 Å². The fourth-order valence-corrected chi connectivity index (χ4v) is 5.29. The Morgan fingerprint density at radius 3 is 2.62 bits per heavy atom. The maximum Gasteiger partial charge on any atom is 0.220 e. The van der Waals surface area contributed by atoms with E-state index in [9.17, 15) is 9.18 Å². The second-order valence-electron chi connectivity index (χ2n) is 9.87. The molecule has 2 N–H and O–H groups in total. The smallest absolute Gasteiger partial charge is 0.220 e. The molecule has 0 radical (unpaired) electrons. The minimum absolute atomic E-state index is 0.0336. The topological polar surface area (TPSA) is 80.8 Å². The van der Waals surface area contributed by atoms with Crippen molar-refractivity contribution in [2.75, 3.05) is 26.2 Å². The fraction of sp³-hybridized carbons (Fsp3) is 0.367. The molecular formula is C30H33FN4O2. The maximum atomic E-state index is 13.8. The van der Waals surface area contributed by atoms with Gasteiger partial charge in [-0.15, -0.1) is 0 Å². The first-order valence-electron chi connectivity index (χ1n) is 13.1. The zero-order chi connectivity index (χ0) is 25.6. The van der Waals surface area contributed by atoms with Crippen molar-refractivity contribution < 1.29 is 13.9 Å². The Kier molecular flexibility index (Phi) is 7.90. The van der Waals surface area contributed by atoms with E-state index in [-0.39, 0.29) is 23.6 Å². The first kappa shape index (κ1) is 25.1. The minimum Gasteiger partial charge on any atom is -0.494 e. The molecule has 2 aliphatic heterocycles. The van der Waals surface area contributed by atoms with Crippen molar-refractivity contribution >= 4 is 17.3 Å². The first-order valence-corrected chi connectivity index (χ1v) is 13.1. The summed E-state index contributed by atoms with van der Waals surface area (Å²) in [6.45, 7) is 3.48. The van der Waals surface area contributed by atoms with E-state index in [0.717, 1.165) is 74.5 Å². The molecule has 7 heteroatoms. The highest BCUT2D eigenvalue weighted by Gasteiger charge is 2.29. The largest absolute Gasteiger partial charge is 0.494 e. The lowest BCUT2D eigenvalue weighted by molar-refractivity contribution is -0.123. The Balaban J connectivity index is 1.12. The average molecular weight is 501 g/mol. The number of rotatable bonds is 10. The van der Waals surface area contributed by atoms with Crippen molar-refractivity contribution in [2.24, 2.45) is 16.6 Å². The van der Waals surface area contributed by atoms with E-state index in [0.29, 0.717) is 12.3 Å². The molecule has 1 atom stereocenters. The van der Waals surface area contributed by atoms with Gasteiger partial charge in [-0.1, -0.05) is 24.3 Å². The number of aliphatic imine (C=N–C) groups is 1. The van der Waals surface area contributed by atoms with Gasteiger partial charge in [-0.05, 0) is 92.7 Å². The summed E-state index contributed by atoms with van der Waals surface area (Å²) in [5, 5.41) is 0. The van der Waals surface area contributed by atoms with E-state index in [1.807, 2.05) is 36.4 Å². The standard InChI is InChI=1S/C30H33FN4O2/c31-23-8-12-25-26(29(34-28(25)20-23)27-4-1-2-15-33-27)11-7-21-5-9-24(10-6-21)37-19-3-16-35-17-13-22(14-18-35)30(32)36/h1-2,4-6,8-10,12,15,20,22,26H,3,7,11,13-14,16-19H2,(H2,32,36). The van der Waals surface area contributed by atoms with Gasteiger partial charge in [0.15, 0.2) is 0 Å². The van der Waals surface area contributed by atoms with Crippen LogP contribution < -0.4 is 10.5 Å². The number of benzene rings is 2. The zero-order valence-corrected chi connectivity index (χ0v) is 21.0. The van der Waals surface area contributed by atoms with E-state index in [4.69, 9.17) is 15.5 Å². The molecule has 192 valence electrons. The van der Waals surface area contributed by atoms with E-state index < -0.39 is 0 Å². The van der Waals surface area contributed by atoms with Crippen LogP contribution in [-0.4, -0.2) is 47.7 Å². The van der Waals surface area contributed by atoms with Crippen molar-refractivity contribution in [2.45, 2.75) is 38.0 Å². The van der Waals surface area contributed by atoms with Crippen LogP contribution >= 0.6 is 0 Å². The molecule has 0 bridgehead atoms. The van der Waals surface area contributed by atoms with Crippen LogP contribution in [0.4, 0.5) is 10.1 Å². The van der Waals surface area contributed by atoms with Crippen molar-refractivity contribution in [1.82, 2.24) is 9.88 Å². The summed E-state index contributed by atoms with van der Waals surface area (Å²) in [4.78, 5) is 22.9. The normalized spacial score (nSPS) is 17.9. The SMILES string of the molecule is NC(=O)C1CCN(CCCOc2ccc(CCC3C(c4ccccn4)=Nc4cc(F)ccc43)cc2)CC1. The number of aromatic nitrogens is 1. The maximum absolute atomic E-state index is 13.8. The molecule has 5 rings (SSSR count). The highest BCUT2D eigenvalue weighted by molar-refractivity contribution is 6.08. The summed E-state index contributed by atoms with van der Waals surface area (Å²) in [6, 6.07) is 19.0. The number of ether oxygens (including phenoxy) is 1. The van der Waals surface area contributed by atoms with Crippen LogP contribution in [0.5, 0.6) is 5.75 Å². The predicted octanol–water partition coefficient (Wildman–Crippen LogP) is 5.04. The monoisotopic (exact) mass is 500 g/mol. The molecule has 1 fully saturated rings. The molecule has 2 aromatic carbocycles. The Morgan fingerprint density at radius 2 is 1.89 bits per heavy atom. The number of nitrogens with zero attached hydrogens (tertiary/aromatic N) is 3. The summed E-state index contributed by atoms with van der Waals surface area (Å²) in [7, 11) is 0. The summed E-state index contributed by atoms with van der Waals surface area (Å²) in [6.07, 6.45) is 6.16. The molecule has 0 spiro atoms. The van der Waals surface area contributed by atoms with Gasteiger partial charge in [-0.2, -0.15) is 0 Å². The van der Waals surface area contributed by atoms with E-state index in [1.165, 1.54) is 17.7 Å². The lowest BCUT2D eigenvalue weighted by Crippen LogP contribution is -2.39. The Hall–Kier alpha value is -3.58. The van der Waals surface area contributed by atoms with Gasteiger partial charge in [0.2, 0.25) is 5.91 Å². The molecule has 1 aromatic heterocycles. The van der Waals surface area contributed by atoms with Gasteiger partial charge in [0.25, 0.3) is 0 Å². The number of fused-ring (bicyclic) bond motifs is 1. The van der Waals surface area contributed by atoms with Gasteiger partial charge in [0.05, 0.1) is 23.7 Å². The van der Waals surface area contributed by atoms with E-state index in [1.54, 1.807) is 6.20 Å². The first-order chi connectivity index (χ1) is 18.1. The van der Waals surface area contributed by atoms with Crippen LogP contribution in [0.25, 0.3) is 0 Å². The molecule has 2 aliphatic rings. The predicted molar refractivity (Wildman–Crippen MR) is 143 cm³/mol. The summed E-state index contributed by atoms with van der Waals surface area (Å²) in [5.41, 5.74) is 10.1. The number of halogens is 1. The third kappa shape index (κ3) is 6.23. The lowest BCUT2D eigenvalue weighted by atomic mass is 9.88. The number of carbonyl (C=O) groups excluding carboxylic acids is 1. The summed E-state index contributed by atoms with van der Waals surface area (Å²) >= 11 is 0. The minimum atomic E-state index is -0.272. The van der Waals surface area contributed by atoms with Crippen LogP contribution in [0.2, 0.25) is 0 Å². The third-order valence-corrected chi connectivity index (χ3v) is 7.39. The van der Waals surface area contributed by atoms with Gasteiger partial charge in [-0.3, -0.25) is 14.8 Å².